The smallest absolute Gasteiger partial charge is 0.255 e. The molecule has 2 N–H and O–H groups in total. The molecule has 0 radical (unpaired) electrons. The van der Waals surface area contributed by atoms with Gasteiger partial charge >= 0.3 is 0 Å². The Morgan fingerprint density at radius 1 is 1.14 bits per heavy atom. The Hall–Kier alpha value is -1.85. The van der Waals surface area contributed by atoms with Crippen LogP contribution in [0.1, 0.15) is 21.5 Å². The van der Waals surface area contributed by atoms with Crippen molar-refractivity contribution in [3.63, 3.8) is 0 Å². The van der Waals surface area contributed by atoms with Gasteiger partial charge in [0.05, 0.1) is 5.56 Å². The number of phenolic OH excluding ortho intramolecular Hbond substituents is 1. The maximum Gasteiger partial charge on any atom is 0.255 e. The number of hydrogen-bond donors (Lipinski definition) is 2. The van der Waals surface area contributed by atoms with Crippen LogP contribution < -0.4 is 5.32 Å². The molecule has 2 rings (SSSR count). The summed E-state index contributed by atoms with van der Waals surface area (Å²) < 4.78 is 0.734. The van der Waals surface area contributed by atoms with E-state index in [-0.39, 0.29) is 17.2 Å². The predicted molar refractivity (Wildman–Crippen MR) is 90.8 cm³/mol. The second-order valence-corrected chi connectivity index (χ2v) is 6.31. The number of benzene rings is 2. The van der Waals surface area contributed by atoms with Crippen molar-refractivity contribution in [3.8, 4) is 5.75 Å². The van der Waals surface area contributed by atoms with E-state index in [4.69, 9.17) is 0 Å². The summed E-state index contributed by atoms with van der Waals surface area (Å²) in [6, 6.07) is 12.9. The van der Waals surface area contributed by atoms with Crippen LogP contribution in [-0.4, -0.2) is 30.0 Å². The summed E-state index contributed by atoms with van der Waals surface area (Å²) in [5.74, 6) is -0.324. The van der Waals surface area contributed by atoms with Gasteiger partial charge in [-0.25, -0.2) is 0 Å². The van der Waals surface area contributed by atoms with Crippen LogP contribution in [-0.2, 0) is 13.1 Å². The zero-order valence-electron chi connectivity index (χ0n) is 12.6. The molecule has 0 fully saturated rings. The summed E-state index contributed by atoms with van der Waals surface area (Å²) in [5.41, 5.74) is 2.52. The minimum Gasteiger partial charge on any atom is -0.507 e. The molecule has 0 atom stereocenters. The number of nitrogens with one attached hydrogen (secondary N) is 1. The van der Waals surface area contributed by atoms with E-state index in [1.165, 1.54) is 11.6 Å². The SMILES string of the molecule is CN(C)Cc1ccc(CNC(=O)c2ccc(Br)cc2O)cc1. The fourth-order valence-corrected chi connectivity index (χ4v) is 2.45. The lowest BCUT2D eigenvalue weighted by atomic mass is 10.1. The lowest BCUT2D eigenvalue weighted by Gasteiger charge is -2.11. The summed E-state index contributed by atoms with van der Waals surface area (Å²) >= 11 is 3.25. The first kappa shape index (κ1) is 16.5. The van der Waals surface area contributed by atoms with E-state index in [2.05, 4.69) is 38.3 Å². The Balaban J connectivity index is 1.96. The highest BCUT2D eigenvalue weighted by molar-refractivity contribution is 9.10. The maximum atomic E-state index is 12.1. The number of carbonyl (C=O) groups excluding carboxylic acids is 1. The molecule has 2 aromatic carbocycles. The molecule has 116 valence electrons. The predicted octanol–water partition coefficient (Wildman–Crippen LogP) is 3.15. The molecule has 0 saturated heterocycles. The van der Waals surface area contributed by atoms with Crippen molar-refractivity contribution in [1.82, 2.24) is 10.2 Å². The van der Waals surface area contributed by atoms with Crippen LogP contribution >= 0.6 is 15.9 Å². The minimum atomic E-state index is -0.289. The summed E-state index contributed by atoms with van der Waals surface area (Å²) in [6.07, 6.45) is 0. The summed E-state index contributed by atoms with van der Waals surface area (Å²) in [4.78, 5) is 14.2. The highest BCUT2D eigenvalue weighted by atomic mass is 79.9. The highest BCUT2D eigenvalue weighted by Crippen LogP contribution is 2.22. The van der Waals surface area contributed by atoms with E-state index in [0.29, 0.717) is 6.54 Å². The van der Waals surface area contributed by atoms with Gasteiger partial charge in [-0.2, -0.15) is 0 Å². The number of halogens is 1. The number of hydrogen-bond acceptors (Lipinski definition) is 3. The van der Waals surface area contributed by atoms with E-state index in [1.807, 2.05) is 26.2 Å². The summed E-state index contributed by atoms with van der Waals surface area (Å²) in [7, 11) is 4.05. The molecular formula is C17H19BrN2O2. The van der Waals surface area contributed by atoms with Gasteiger partial charge in [0.1, 0.15) is 5.75 Å². The molecule has 0 heterocycles. The lowest BCUT2D eigenvalue weighted by Crippen LogP contribution is -2.22. The Labute approximate surface area is 138 Å². The molecular weight excluding hydrogens is 344 g/mol. The van der Waals surface area contributed by atoms with E-state index >= 15 is 0 Å². The van der Waals surface area contributed by atoms with Gasteiger partial charge in [-0.1, -0.05) is 40.2 Å². The molecule has 0 aromatic heterocycles. The van der Waals surface area contributed by atoms with Crippen LogP contribution in [0.2, 0.25) is 0 Å². The number of rotatable bonds is 5. The first-order chi connectivity index (χ1) is 10.5. The van der Waals surface area contributed by atoms with Gasteiger partial charge in [-0.15, -0.1) is 0 Å². The van der Waals surface area contributed by atoms with E-state index < -0.39 is 0 Å². The number of carbonyl (C=O) groups is 1. The summed E-state index contributed by atoms with van der Waals surface area (Å²) in [6.45, 7) is 1.32. The molecule has 0 unspecified atom stereocenters. The van der Waals surface area contributed by atoms with Crippen molar-refractivity contribution in [2.75, 3.05) is 14.1 Å². The van der Waals surface area contributed by atoms with Gasteiger partial charge in [0.2, 0.25) is 0 Å². The molecule has 5 heteroatoms. The third-order valence-corrected chi connectivity index (χ3v) is 3.67. The van der Waals surface area contributed by atoms with E-state index in [9.17, 15) is 9.90 Å². The largest absolute Gasteiger partial charge is 0.507 e. The van der Waals surface area contributed by atoms with Gasteiger partial charge in [0.25, 0.3) is 5.91 Å². The summed E-state index contributed by atoms with van der Waals surface area (Å²) in [5, 5.41) is 12.6. The van der Waals surface area contributed by atoms with Crippen LogP contribution in [0.25, 0.3) is 0 Å². The number of nitrogens with zero attached hydrogens (tertiary/aromatic N) is 1. The number of phenols is 1. The van der Waals surface area contributed by atoms with Crippen molar-refractivity contribution in [2.24, 2.45) is 0 Å². The Bertz CT molecular complexity index is 654. The second kappa shape index (κ2) is 7.42. The van der Waals surface area contributed by atoms with Gasteiger partial charge in [0, 0.05) is 17.6 Å². The first-order valence-corrected chi connectivity index (χ1v) is 7.74. The van der Waals surface area contributed by atoms with Crippen molar-refractivity contribution < 1.29 is 9.90 Å². The van der Waals surface area contributed by atoms with Crippen LogP contribution in [0.3, 0.4) is 0 Å². The van der Waals surface area contributed by atoms with Crippen molar-refractivity contribution in [2.45, 2.75) is 13.1 Å². The maximum absolute atomic E-state index is 12.1. The first-order valence-electron chi connectivity index (χ1n) is 6.95. The molecule has 4 nitrogen and oxygen atoms in total. The molecule has 0 bridgehead atoms. The number of amides is 1. The van der Waals surface area contributed by atoms with Crippen LogP contribution in [0.15, 0.2) is 46.9 Å². The third-order valence-electron chi connectivity index (χ3n) is 3.18. The fraction of sp³-hybridized carbons (Fsp3) is 0.235. The molecule has 0 aliphatic rings. The molecule has 22 heavy (non-hydrogen) atoms. The van der Waals surface area contributed by atoms with E-state index in [0.717, 1.165) is 16.6 Å². The van der Waals surface area contributed by atoms with Crippen molar-refractivity contribution in [1.29, 1.82) is 0 Å². The quantitative estimate of drug-likeness (QED) is 0.858. The molecule has 0 aliphatic carbocycles. The molecule has 2 aromatic rings. The van der Waals surface area contributed by atoms with Gasteiger partial charge in [-0.3, -0.25) is 4.79 Å². The van der Waals surface area contributed by atoms with Crippen LogP contribution in [0.4, 0.5) is 0 Å². The highest BCUT2D eigenvalue weighted by Gasteiger charge is 2.10. The average molecular weight is 363 g/mol. The van der Waals surface area contributed by atoms with Gasteiger partial charge in [-0.05, 0) is 43.4 Å². The van der Waals surface area contributed by atoms with Crippen molar-refractivity contribution in [3.05, 3.63) is 63.6 Å². The van der Waals surface area contributed by atoms with Gasteiger partial charge < -0.3 is 15.3 Å². The Morgan fingerprint density at radius 3 is 2.36 bits per heavy atom. The zero-order valence-corrected chi connectivity index (χ0v) is 14.2. The Kier molecular flexibility index (Phi) is 5.57. The lowest BCUT2D eigenvalue weighted by molar-refractivity contribution is 0.0948. The minimum absolute atomic E-state index is 0.0341. The molecule has 0 spiro atoms. The standard InChI is InChI=1S/C17H19BrN2O2/c1-20(2)11-13-5-3-12(4-6-13)10-19-17(22)15-8-7-14(18)9-16(15)21/h3-9,21H,10-11H2,1-2H3,(H,19,22). The fourth-order valence-electron chi connectivity index (χ4n) is 2.10. The third kappa shape index (κ3) is 4.58. The molecule has 0 saturated carbocycles. The monoisotopic (exact) mass is 362 g/mol. The van der Waals surface area contributed by atoms with Crippen LogP contribution in [0, 0.1) is 0 Å². The number of aromatic hydroxyl groups is 1. The van der Waals surface area contributed by atoms with E-state index in [1.54, 1.807) is 12.1 Å². The average Bonchev–Trinajstić information content (AvgIpc) is 2.45. The zero-order chi connectivity index (χ0) is 16.1. The normalized spacial score (nSPS) is 10.7. The Morgan fingerprint density at radius 2 is 1.77 bits per heavy atom. The second-order valence-electron chi connectivity index (χ2n) is 5.40. The topological polar surface area (TPSA) is 52.6 Å². The molecule has 1 amide bonds. The van der Waals surface area contributed by atoms with Gasteiger partial charge in [0.15, 0.2) is 0 Å². The molecule has 0 aliphatic heterocycles. The van der Waals surface area contributed by atoms with Crippen molar-refractivity contribution >= 4 is 21.8 Å². The van der Waals surface area contributed by atoms with Crippen LogP contribution in [0.5, 0.6) is 5.75 Å².